The lowest BCUT2D eigenvalue weighted by Gasteiger charge is -2.15. The van der Waals surface area contributed by atoms with Crippen molar-refractivity contribution in [2.45, 2.75) is 18.3 Å². The molecule has 0 atom stereocenters. The normalized spacial score (nSPS) is 10.9. The Hall–Kier alpha value is -2.59. The van der Waals surface area contributed by atoms with E-state index in [1.54, 1.807) is 23.6 Å². The highest BCUT2D eigenvalue weighted by atomic mass is 79.9. The van der Waals surface area contributed by atoms with Gasteiger partial charge in [0.25, 0.3) is 0 Å². The number of hydrogen-bond donors (Lipinski definition) is 1. The number of halogens is 2. The molecule has 0 aliphatic rings. The van der Waals surface area contributed by atoms with E-state index in [1.807, 2.05) is 66.7 Å². The molecule has 0 saturated heterocycles. The summed E-state index contributed by atoms with van der Waals surface area (Å²) in [6.45, 7) is 1.82. The third-order valence-corrected chi connectivity index (χ3v) is 6.97. The van der Waals surface area contributed by atoms with Gasteiger partial charge in [-0.2, -0.15) is 4.68 Å². The topological polar surface area (TPSA) is 74.1 Å². The number of nitrogens with one attached hydrogen (secondary N) is 1. The first kappa shape index (κ1) is 24.5. The van der Waals surface area contributed by atoms with E-state index in [0.717, 1.165) is 38.7 Å². The van der Waals surface area contributed by atoms with Gasteiger partial charge in [0, 0.05) is 33.9 Å². The number of thioether (sulfide) groups is 1. The fourth-order valence-electron chi connectivity index (χ4n) is 3.19. The lowest BCUT2D eigenvalue weighted by atomic mass is 10.2. The Morgan fingerprint density at radius 1 is 1.03 bits per heavy atom. The van der Waals surface area contributed by atoms with Crippen molar-refractivity contribution >= 4 is 39.3 Å². The van der Waals surface area contributed by atoms with Crippen molar-refractivity contribution in [2.24, 2.45) is 0 Å². The molecule has 34 heavy (non-hydrogen) atoms. The van der Waals surface area contributed by atoms with Crippen molar-refractivity contribution in [3.8, 4) is 17.2 Å². The Kier molecular flexibility index (Phi) is 8.81. The summed E-state index contributed by atoms with van der Waals surface area (Å²) < 4.78 is 14.2. The van der Waals surface area contributed by atoms with Gasteiger partial charge in [0.2, 0.25) is 5.16 Å². The molecule has 7 nitrogen and oxygen atoms in total. The van der Waals surface area contributed by atoms with Crippen molar-refractivity contribution in [3.63, 3.8) is 0 Å². The van der Waals surface area contributed by atoms with Crippen molar-refractivity contribution in [1.82, 2.24) is 25.5 Å². The van der Waals surface area contributed by atoms with Crippen LogP contribution in [-0.2, 0) is 13.2 Å². The van der Waals surface area contributed by atoms with Crippen LogP contribution in [0.3, 0.4) is 0 Å². The molecule has 0 spiro atoms. The first-order valence-corrected chi connectivity index (χ1v) is 12.7. The van der Waals surface area contributed by atoms with E-state index in [1.165, 1.54) is 0 Å². The van der Waals surface area contributed by atoms with Crippen LogP contribution in [-0.4, -0.2) is 39.6 Å². The number of nitrogens with zero attached hydrogens (tertiary/aromatic N) is 4. The second-order valence-electron chi connectivity index (χ2n) is 7.21. The summed E-state index contributed by atoms with van der Waals surface area (Å²) in [6, 6.07) is 21.4. The zero-order valence-electron chi connectivity index (χ0n) is 18.4. The molecule has 176 valence electrons. The maximum Gasteiger partial charge on any atom is 0.214 e. The largest absolute Gasteiger partial charge is 0.493 e. The number of para-hydroxylation sites is 1. The van der Waals surface area contributed by atoms with E-state index < -0.39 is 0 Å². The molecule has 1 heterocycles. The van der Waals surface area contributed by atoms with Crippen LogP contribution in [0.2, 0.25) is 5.02 Å². The molecule has 0 fully saturated rings. The highest BCUT2D eigenvalue weighted by Crippen LogP contribution is 2.34. The van der Waals surface area contributed by atoms with E-state index >= 15 is 0 Å². The summed E-state index contributed by atoms with van der Waals surface area (Å²) >= 11 is 11.5. The van der Waals surface area contributed by atoms with Gasteiger partial charge < -0.3 is 14.8 Å². The zero-order chi connectivity index (χ0) is 23.8. The lowest BCUT2D eigenvalue weighted by molar-refractivity contribution is 0.284. The quantitative estimate of drug-likeness (QED) is 0.190. The van der Waals surface area contributed by atoms with Gasteiger partial charge in [-0.25, -0.2) is 0 Å². The van der Waals surface area contributed by atoms with Gasteiger partial charge in [-0.15, -0.1) is 5.10 Å². The summed E-state index contributed by atoms with van der Waals surface area (Å²) in [7, 11) is 1.64. The Labute approximate surface area is 215 Å². The minimum atomic E-state index is 0.361. The number of hydrogen-bond acceptors (Lipinski definition) is 7. The molecule has 0 bridgehead atoms. The molecular weight excluding hydrogens is 538 g/mol. The summed E-state index contributed by atoms with van der Waals surface area (Å²) in [5, 5.41) is 16.9. The van der Waals surface area contributed by atoms with E-state index in [-0.39, 0.29) is 0 Å². The molecule has 4 rings (SSSR count). The molecule has 1 aromatic heterocycles. The van der Waals surface area contributed by atoms with E-state index in [4.69, 9.17) is 21.1 Å². The summed E-state index contributed by atoms with van der Waals surface area (Å²) in [4.78, 5) is 0. The number of rotatable bonds is 11. The van der Waals surface area contributed by atoms with Crippen molar-refractivity contribution < 1.29 is 9.47 Å². The van der Waals surface area contributed by atoms with Gasteiger partial charge in [-0.3, -0.25) is 0 Å². The number of tetrazole rings is 1. The third-order valence-electron chi connectivity index (χ3n) is 4.94. The monoisotopic (exact) mass is 559 g/mol. The summed E-state index contributed by atoms with van der Waals surface area (Å²) in [5.74, 6) is 2.14. The Bertz CT molecular complexity index is 1230. The molecule has 0 radical (unpaired) electrons. The fourth-order valence-corrected chi connectivity index (χ4v) is 4.63. The van der Waals surface area contributed by atoms with Crippen molar-refractivity contribution in [3.05, 3.63) is 87.4 Å². The third kappa shape index (κ3) is 6.29. The molecule has 0 saturated carbocycles. The molecule has 0 amide bonds. The molecule has 3 aromatic carbocycles. The van der Waals surface area contributed by atoms with Crippen LogP contribution in [0.15, 0.2) is 76.4 Å². The number of benzene rings is 3. The number of methoxy groups -OCH3 is 1. The van der Waals surface area contributed by atoms with Crippen LogP contribution in [0.25, 0.3) is 5.69 Å². The number of ether oxygens (including phenoxy) is 2. The SMILES string of the molecule is COc1cc(CNCCSc2nnnn2-c2ccccc2)c(Br)cc1OCc1ccccc1Cl. The first-order valence-electron chi connectivity index (χ1n) is 10.6. The predicted molar refractivity (Wildman–Crippen MR) is 138 cm³/mol. The van der Waals surface area contributed by atoms with E-state index in [0.29, 0.717) is 29.7 Å². The molecule has 10 heteroatoms. The van der Waals surface area contributed by atoms with Gasteiger partial charge in [0.15, 0.2) is 11.5 Å². The van der Waals surface area contributed by atoms with Crippen LogP contribution in [0.1, 0.15) is 11.1 Å². The average Bonchev–Trinajstić information content (AvgIpc) is 3.33. The first-order chi connectivity index (χ1) is 16.7. The van der Waals surface area contributed by atoms with Crippen LogP contribution in [0, 0.1) is 0 Å². The van der Waals surface area contributed by atoms with Crippen molar-refractivity contribution in [2.75, 3.05) is 19.4 Å². The fraction of sp³-hybridized carbons (Fsp3) is 0.208. The molecule has 0 unspecified atom stereocenters. The highest BCUT2D eigenvalue weighted by molar-refractivity contribution is 9.10. The zero-order valence-corrected chi connectivity index (χ0v) is 21.6. The molecule has 0 aliphatic carbocycles. The van der Waals surface area contributed by atoms with Crippen LogP contribution in [0.5, 0.6) is 11.5 Å². The van der Waals surface area contributed by atoms with Crippen LogP contribution < -0.4 is 14.8 Å². The predicted octanol–water partition coefficient (Wildman–Crippen LogP) is 5.55. The Morgan fingerprint density at radius 3 is 2.62 bits per heavy atom. The second-order valence-corrected chi connectivity index (χ2v) is 9.53. The van der Waals surface area contributed by atoms with E-state index in [9.17, 15) is 0 Å². The molecule has 1 N–H and O–H groups in total. The van der Waals surface area contributed by atoms with Gasteiger partial charge in [0.1, 0.15) is 6.61 Å². The Morgan fingerprint density at radius 2 is 1.82 bits per heavy atom. The summed E-state index contributed by atoms with van der Waals surface area (Å²) in [5.41, 5.74) is 2.93. The van der Waals surface area contributed by atoms with Gasteiger partial charge in [0.05, 0.1) is 12.8 Å². The molecular formula is C24H23BrClN5O2S. The van der Waals surface area contributed by atoms with E-state index in [2.05, 4.69) is 36.8 Å². The second kappa shape index (κ2) is 12.2. The smallest absolute Gasteiger partial charge is 0.214 e. The average molecular weight is 561 g/mol. The number of aromatic nitrogens is 4. The van der Waals surface area contributed by atoms with Crippen LogP contribution >= 0.6 is 39.3 Å². The molecule has 4 aromatic rings. The van der Waals surface area contributed by atoms with Gasteiger partial charge in [-0.1, -0.05) is 75.7 Å². The van der Waals surface area contributed by atoms with Crippen molar-refractivity contribution in [1.29, 1.82) is 0 Å². The van der Waals surface area contributed by atoms with Gasteiger partial charge >= 0.3 is 0 Å². The summed E-state index contributed by atoms with van der Waals surface area (Å²) in [6.07, 6.45) is 0. The maximum absolute atomic E-state index is 6.23. The maximum atomic E-state index is 6.23. The van der Waals surface area contributed by atoms with Crippen LogP contribution in [0.4, 0.5) is 0 Å². The minimum absolute atomic E-state index is 0.361. The lowest BCUT2D eigenvalue weighted by Crippen LogP contribution is -2.17. The standard InChI is InChI=1S/C24H23BrClN5O2S/c1-32-22-13-18(20(25)14-23(22)33-16-17-7-5-6-10-21(17)26)15-27-11-12-34-24-28-29-30-31(24)19-8-3-2-4-9-19/h2-10,13-14,27H,11-12,15-16H2,1H3. The molecule has 0 aliphatic heterocycles. The van der Waals surface area contributed by atoms with Gasteiger partial charge in [-0.05, 0) is 46.3 Å². The highest BCUT2D eigenvalue weighted by Gasteiger charge is 2.12. The Balaban J connectivity index is 1.30. The minimum Gasteiger partial charge on any atom is -0.493 e.